The van der Waals surface area contributed by atoms with Gasteiger partial charge in [-0.05, 0) is 26.2 Å². The Morgan fingerprint density at radius 2 is 0.870 bits per heavy atom. The number of aliphatic hydroxyl groups excluding tert-OH is 17. The highest BCUT2D eigenvalue weighted by atomic mass is 16.8. The van der Waals surface area contributed by atoms with Crippen LogP contribution >= 0.6 is 0 Å². The Bertz CT molecular complexity index is 2230. The molecule has 6 aliphatic rings. The highest BCUT2D eigenvalue weighted by molar-refractivity contribution is 5.76. The summed E-state index contributed by atoms with van der Waals surface area (Å²) in [4.78, 5) is 13.4. The molecule has 0 aromatic rings. The lowest BCUT2D eigenvalue weighted by Crippen LogP contribution is -2.69. The van der Waals surface area contributed by atoms with Crippen LogP contribution in [0.5, 0.6) is 0 Å². The first-order chi connectivity index (χ1) is 48.1. The summed E-state index contributed by atoms with van der Waals surface area (Å²) in [6, 6.07) is -2.69. The van der Waals surface area contributed by atoms with E-state index in [0.29, 0.717) is 6.42 Å². The fourth-order valence-corrected chi connectivity index (χ4v) is 13.5. The molecule has 0 aromatic heterocycles. The molecule has 6 fully saturated rings. The minimum Gasteiger partial charge on any atom is -0.394 e. The minimum absolute atomic E-state index is 0.234. The van der Waals surface area contributed by atoms with E-state index in [4.69, 9.17) is 62.6 Å². The number of aliphatic hydroxyl groups is 17. The van der Waals surface area contributed by atoms with Crippen LogP contribution in [0.25, 0.3) is 0 Å². The molecule has 0 saturated carbocycles. The van der Waals surface area contributed by atoms with Crippen LogP contribution in [-0.4, -0.2) is 323 Å². The predicted octanol–water partition coefficient (Wildman–Crippen LogP) is -2.25. The molecule has 20 N–H and O–H groups in total. The number of hydrogen-bond donors (Lipinski definition) is 19. The summed E-state index contributed by atoms with van der Waals surface area (Å²) in [6.07, 6.45) is -20.9. The molecule has 0 aromatic carbocycles. The predicted molar refractivity (Wildman–Crippen MR) is 351 cm³/mol. The lowest BCUT2D eigenvalue weighted by molar-refractivity contribution is -0.391. The summed E-state index contributed by atoms with van der Waals surface area (Å²) in [5.41, 5.74) is 6.59. The van der Waals surface area contributed by atoms with Gasteiger partial charge < -0.3 is 155 Å². The van der Waals surface area contributed by atoms with E-state index in [1.165, 1.54) is 96.8 Å². The number of ether oxygens (including phenoxy) is 12. The molecule has 6 saturated heterocycles. The Balaban J connectivity index is 1.05. The summed E-state index contributed by atoms with van der Waals surface area (Å²) < 4.78 is 70.5. The molecule has 100 heavy (non-hydrogen) atoms. The maximum atomic E-state index is 13.4. The number of hydrogen-bond acceptors (Lipinski definition) is 31. The fraction of sp³-hybridized carbons (Fsp3) is 0.956. The highest BCUT2D eigenvalue weighted by Gasteiger charge is 2.57. The molecular formula is C68H124N2O30. The lowest BCUT2D eigenvalue weighted by Gasteiger charge is -2.50. The monoisotopic (exact) mass is 1450 g/mol. The van der Waals surface area contributed by atoms with E-state index < -0.39 is 223 Å². The standard InChI is InChI=1S/C68H124N2O30/c1-4-6-8-10-12-14-16-17-19-20-22-24-26-28-39(76)38(70-47(78)29-27-25-23-21-18-15-13-11-9-7-5-2)36-89-63-40(77)30-41(42(31-71)92-63)91-66-57(87)55(85)59(46(35-75)96-66)97-67-58(88)61(52(82)45(34-74)94-67)99-64-48(69)60(51(81)44(33-73)93-64)98-68-62(54(84)50(80)43(32-72)95-68)100-65-56(86)53(83)49(79)37(3)90-65/h26,28,37-46,48-68,71-77,79-88H,4-25,27,29-36,69H2,1-3H3,(H,70,78)/b28-26+/t37?,38?,39?,40?,41-,42?,43?,44?,45?,46?,48?,49+,50+,51+,52+,53?,54?,55?,56?,57?,58?,59+,60?,61?,62?,63-,64+,65+,66-,67+,68+/m1/s1. The van der Waals surface area contributed by atoms with Crippen molar-refractivity contribution in [2.75, 3.05) is 39.6 Å². The maximum Gasteiger partial charge on any atom is 0.220 e. The smallest absolute Gasteiger partial charge is 0.220 e. The Hall–Kier alpha value is -1.99. The van der Waals surface area contributed by atoms with Gasteiger partial charge in [0.05, 0.1) is 70.0 Å². The van der Waals surface area contributed by atoms with Crippen LogP contribution in [0.15, 0.2) is 12.2 Å². The third-order valence-corrected chi connectivity index (χ3v) is 19.9. The Labute approximate surface area is 586 Å². The van der Waals surface area contributed by atoms with Crippen LogP contribution in [0, 0.1) is 0 Å². The summed E-state index contributed by atoms with van der Waals surface area (Å²) in [6.45, 7) is 0.927. The lowest BCUT2D eigenvalue weighted by atomic mass is 9.94. The first kappa shape index (κ1) is 86.9. The molecule has 0 radical (unpaired) electrons. The molecule has 31 atom stereocenters. The average molecular weight is 1450 g/mol. The molecule has 6 heterocycles. The number of carbonyl (C=O) groups is 1. The van der Waals surface area contributed by atoms with Crippen molar-refractivity contribution in [1.82, 2.24) is 5.32 Å². The number of allylic oxidation sites excluding steroid dienone is 1. The van der Waals surface area contributed by atoms with Crippen molar-refractivity contribution in [2.24, 2.45) is 5.73 Å². The molecule has 6 aliphatic heterocycles. The van der Waals surface area contributed by atoms with Crippen LogP contribution in [0.4, 0.5) is 0 Å². The largest absolute Gasteiger partial charge is 0.394 e. The Morgan fingerprint density at radius 1 is 0.440 bits per heavy atom. The Kier molecular flexibility index (Phi) is 39.7. The van der Waals surface area contributed by atoms with Gasteiger partial charge in [-0.3, -0.25) is 4.79 Å². The van der Waals surface area contributed by atoms with Crippen LogP contribution in [0.3, 0.4) is 0 Å². The van der Waals surface area contributed by atoms with Crippen molar-refractivity contribution in [3.8, 4) is 0 Å². The van der Waals surface area contributed by atoms with Crippen LogP contribution < -0.4 is 11.1 Å². The number of unbranched alkanes of at least 4 members (excludes halogenated alkanes) is 21. The molecule has 1 amide bonds. The van der Waals surface area contributed by atoms with Crippen molar-refractivity contribution < 1.29 is 148 Å². The van der Waals surface area contributed by atoms with Gasteiger partial charge in [-0.15, -0.1) is 0 Å². The number of nitrogens with two attached hydrogens (primary N) is 1. The molecule has 0 aliphatic carbocycles. The molecule has 6 rings (SSSR count). The number of nitrogens with one attached hydrogen (secondary N) is 1. The molecule has 32 nitrogen and oxygen atoms in total. The van der Waals surface area contributed by atoms with Gasteiger partial charge in [0.1, 0.15) is 122 Å². The third-order valence-electron chi connectivity index (χ3n) is 19.9. The topological polar surface area (TPSA) is 510 Å². The highest BCUT2D eigenvalue weighted by Crippen LogP contribution is 2.37. The van der Waals surface area contributed by atoms with Crippen LogP contribution in [0.1, 0.15) is 181 Å². The van der Waals surface area contributed by atoms with Gasteiger partial charge >= 0.3 is 0 Å². The van der Waals surface area contributed by atoms with E-state index in [0.717, 1.165) is 51.4 Å². The van der Waals surface area contributed by atoms with Crippen molar-refractivity contribution in [2.45, 2.75) is 372 Å². The summed E-state index contributed by atoms with van der Waals surface area (Å²) in [5.74, 6) is -0.279. The first-order valence-electron chi connectivity index (χ1n) is 36.8. The molecule has 0 bridgehead atoms. The molecule has 32 heteroatoms. The van der Waals surface area contributed by atoms with E-state index in [2.05, 4.69) is 19.2 Å². The summed E-state index contributed by atoms with van der Waals surface area (Å²) in [7, 11) is 0. The Morgan fingerprint density at radius 3 is 1.44 bits per heavy atom. The van der Waals surface area contributed by atoms with Gasteiger partial charge in [0, 0.05) is 12.8 Å². The van der Waals surface area contributed by atoms with E-state index >= 15 is 0 Å². The first-order valence-corrected chi connectivity index (χ1v) is 36.8. The van der Waals surface area contributed by atoms with Crippen molar-refractivity contribution in [3.05, 3.63) is 12.2 Å². The fourth-order valence-electron chi connectivity index (χ4n) is 13.5. The van der Waals surface area contributed by atoms with Crippen LogP contribution in [0.2, 0.25) is 0 Å². The van der Waals surface area contributed by atoms with E-state index in [9.17, 15) is 91.6 Å². The van der Waals surface area contributed by atoms with Gasteiger partial charge in [0.2, 0.25) is 5.91 Å². The van der Waals surface area contributed by atoms with Gasteiger partial charge in [-0.1, -0.05) is 154 Å². The average Bonchev–Trinajstić information content (AvgIpc) is 0.778. The second-order valence-corrected chi connectivity index (χ2v) is 27.7. The van der Waals surface area contributed by atoms with E-state index in [1.54, 1.807) is 6.08 Å². The maximum absolute atomic E-state index is 13.4. The second kappa shape index (κ2) is 45.6. The number of rotatable bonds is 45. The number of amides is 1. The van der Waals surface area contributed by atoms with E-state index in [-0.39, 0.29) is 25.4 Å². The zero-order valence-electron chi connectivity index (χ0n) is 58.5. The van der Waals surface area contributed by atoms with Gasteiger partial charge in [-0.2, -0.15) is 0 Å². The van der Waals surface area contributed by atoms with E-state index in [1.807, 2.05) is 6.08 Å². The molecular weight excluding hydrogens is 1320 g/mol. The van der Waals surface area contributed by atoms with Crippen LogP contribution in [-0.2, 0) is 61.6 Å². The minimum atomic E-state index is -2.15. The van der Waals surface area contributed by atoms with Gasteiger partial charge in [0.15, 0.2) is 37.7 Å². The SMILES string of the molecule is CCCCCCCCCCCCC/C=C/C(O)C(CO[C@@H]1OC(CO)[C@H](O[C@@H]2OC(CO)[C@H](O[C@@H]3OC(CO)[C@H](O)C(O[C@@H]4OC(CO)[C@H](O)C(O[C@@H]5OC(CO)[C@H](O)C(O)C5O[C@@H]5OC(C)[C@H](O)C(O)C5O)C4N)C3O)C(O)C2O)CC1O)NC(=O)CCCCCCCCCCCCC. The van der Waals surface area contributed by atoms with Crippen molar-refractivity contribution >= 4 is 5.91 Å². The third kappa shape index (κ3) is 25.3. The molecule has 586 valence electrons. The zero-order valence-corrected chi connectivity index (χ0v) is 58.5. The van der Waals surface area contributed by atoms with Gasteiger partial charge in [-0.25, -0.2) is 0 Å². The molecule has 0 spiro atoms. The van der Waals surface area contributed by atoms with Crippen molar-refractivity contribution in [3.63, 3.8) is 0 Å². The number of carbonyl (C=O) groups excluding carboxylic acids is 1. The zero-order chi connectivity index (χ0) is 73.0. The quantitative estimate of drug-likeness (QED) is 0.0226. The summed E-state index contributed by atoms with van der Waals surface area (Å²) in [5, 5.41) is 189. The second-order valence-electron chi connectivity index (χ2n) is 27.7. The summed E-state index contributed by atoms with van der Waals surface area (Å²) >= 11 is 0. The molecule has 19 unspecified atom stereocenters. The normalized spacial score (nSPS) is 39.6. The van der Waals surface area contributed by atoms with Gasteiger partial charge in [0.25, 0.3) is 0 Å². The van der Waals surface area contributed by atoms with Crippen molar-refractivity contribution in [1.29, 1.82) is 0 Å².